The van der Waals surface area contributed by atoms with Crippen LogP contribution in [0.4, 0.5) is 0 Å². The van der Waals surface area contributed by atoms with Crippen LogP contribution >= 0.6 is 22.7 Å². The topological polar surface area (TPSA) is 30.0 Å². The lowest BCUT2D eigenvalue weighted by Crippen LogP contribution is -2.07. The minimum absolute atomic E-state index is 0.276. The maximum atomic E-state index is 11.7. The highest BCUT2D eigenvalue weighted by atomic mass is 32.1. The number of Topliss-reactive ketones (excluding diaryl/α,β-unsaturated/α-hetero) is 1. The molecule has 2 heterocycles. The number of thiazole rings is 1. The van der Waals surface area contributed by atoms with Crippen LogP contribution in [0.15, 0.2) is 12.1 Å². The van der Waals surface area contributed by atoms with Crippen molar-refractivity contribution in [1.29, 1.82) is 0 Å². The summed E-state index contributed by atoms with van der Waals surface area (Å²) in [6.45, 7) is 2.09. The molecule has 0 atom stereocenters. The number of fused-ring (bicyclic) bond motifs is 1. The largest absolute Gasteiger partial charge is 0.293 e. The van der Waals surface area contributed by atoms with Crippen LogP contribution in [0.25, 0.3) is 9.88 Å². The lowest BCUT2D eigenvalue weighted by Gasteiger charge is -2.06. The number of rotatable bonds is 1. The van der Waals surface area contributed by atoms with Crippen molar-refractivity contribution in [1.82, 2.24) is 4.98 Å². The first-order valence-corrected chi connectivity index (χ1v) is 6.97. The maximum Gasteiger partial charge on any atom is 0.174 e. The molecule has 4 heteroatoms. The number of aryl methyl sites for hydroxylation is 2. The number of hydrogen-bond acceptors (Lipinski definition) is 4. The van der Waals surface area contributed by atoms with Crippen molar-refractivity contribution in [3.05, 3.63) is 27.6 Å². The molecule has 2 nitrogen and oxygen atoms in total. The quantitative estimate of drug-likeness (QED) is 0.771. The molecule has 0 amide bonds. The van der Waals surface area contributed by atoms with E-state index in [1.54, 1.807) is 22.7 Å². The lowest BCUT2D eigenvalue weighted by molar-refractivity contribution is 0.0976. The van der Waals surface area contributed by atoms with Crippen LogP contribution in [0.3, 0.4) is 0 Å². The molecule has 1 aliphatic carbocycles. The number of hydrogen-bond donors (Lipinski definition) is 0. The average Bonchev–Trinajstić information content (AvgIpc) is 2.84. The van der Waals surface area contributed by atoms with E-state index >= 15 is 0 Å². The van der Waals surface area contributed by atoms with Gasteiger partial charge in [-0.15, -0.1) is 22.7 Å². The van der Waals surface area contributed by atoms with Crippen LogP contribution in [0.2, 0.25) is 0 Å². The minimum Gasteiger partial charge on any atom is -0.293 e. The highest BCUT2D eigenvalue weighted by Gasteiger charge is 2.22. The van der Waals surface area contributed by atoms with Crippen molar-refractivity contribution in [2.75, 3.05) is 0 Å². The van der Waals surface area contributed by atoms with Gasteiger partial charge < -0.3 is 0 Å². The smallest absolute Gasteiger partial charge is 0.174 e. The van der Waals surface area contributed by atoms with E-state index in [1.807, 2.05) is 0 Å². The summed E-state index contributed by atoms with van der Waals surface area (Å²) in [5, 5.41) is 1.01. The standard InChI is InChI=1S/C12H11NOS2/c1-7-5-6-10(15-7)12-13-8-3-2-4-9(14)11(8)16-12/h5-6H,2-4H2,1H3. The second kappa shape index (κ2) is 3.79. The molecule has 0 radical (unpaired) electrons. The summed E-state index contributed by atoms with van der Waals surface area (Å²) in [7, 11) is 0. The van der Waals surface area contributed by atoms with E-state index in [4.69, 9.17) is 0 Å². The monoisotopic (exact) mass is 249 g/mol. The molecule has 16 heavy (non-hydrogen) atoms. The summed E-state index contributed by atoms with van der Waals surface area (Å²) in [5.41, 5.74) is 1.02. The van der Waals surface area contributed by atoms with Gasteiger partial charge in [0.15, 0.2) is 5.78 Å². The van der Waals surface area contributed by atoms with Gasteiger partial charge in [-0.3, -0.25) is 4.79 Å². The van der Waals surface area contributed by atoms with E-state index < -0.39 is 0 Å². The predicted molar refractivity (Wildman–Crippen MR) is 67.4 cm³/mol. The van der Waals surface area contributed by atoms with Crippen LogP contribution in [-0.4, -0.2) is 10.8 Å². The third kappa shape index (κ3) is 1.62. The summed E-state index contributed by atoms with van der Waals surface area (Å²) < 4.78 is 0. The van der Waals surface area contributed by atoms with E-state index in [-0.39, 0.29) is 5.78 Å². The molecule has 0 saturated heterocycles. The zero-order valence-electron chi connectivity index (χ0n) is 8.95. The van der Waals surface area contributed by atoms with Crippen LogP contribution in [0.1, 0.15) is 33.1 Å². The summed E-state index contributed by atoms with van der Waals surface area (Å²) in [5.74, 6) is 0.276. The molecule has 1 aliphatic rings. The normalized spacial score (nSPS) is 15.2. The molecule has 3 rings (SSSR count). The van der Waals surface area contributed by atoms with Gasteiger partial charge in [0.2, 0.25) is 0 Å². The fourth-order valence-corrected chi connectivity index (χ4v) is 3.93. The first-order valence-electron chi connectivity index (χ1n) is 5.34. The van der Waals surface area contributed by atoms with Crippen molar-refractivity contribution < 1.29 is 4.79 Å². The van der Waals surface area contributed by atoms with Crippen molar-refractivity contribution in [3.8, 4) is 9.88 Å². The number of nitrogens with zero attached hydrogens (tertiary/aromatic N) is 1. The van der Waals surface area contributed by atoms with Crippen molar-refractivity contribution in [3.63, 3.8) is 0 Å². The Morgan fingerprint density at radius 2 is 2.12 bits per heavy atom. The molecule has 2 aromatic heterocycles. The number of carbonyl (C=O) groups is 1. The van der Waals surface area contributed by atoms with E-state index in [2.05, 4.69) is 24.0 Å². The minimum atomic E-state index is 0.276. The van der Waals surface area contributed by atoms with E-state index in [1.165, 1.54) is 9.75 Å². The van der Waals surface area contributed by atoms with Crippen LogP contribution in [0.5, 0.6) is 0 Å². The summed E-state index contributed by atoms with van der Waals surface area (Å²) in [4.78, 5) is 19.7. The Morgan fingerprint density at radius 3 is 2.81 bits per heavy atom. The third-order valence-corrected chi connectivity index (χ3v) is 5.03. The molecular formula is C12H11NOS2. The number of carbonyl (C=O) groups excluding carboxylic acids is 1. The van der Waals surface area contributed by atoms with Gasteiger partial charge in [-0.05, 0) is 31.9 Å². The molecule has 0 saturated carbocycles. The predicted octanol–water partition coefficient (Wildman–Crippen LogP) is 3.70. The second-order valence-electron chi connectivity index (χ2n) is 3.98. The second-order valence-corrected chi connectivity index (χ2v) is 6.27. The maximum absolute atomic E-state index is 11.7. The molecule has 0 bridgehead atoms. The first kappa shape index (κ1) is 10.2. The molecule has 0 unspecified atom stereocenters. The van der Waals surface area contributed by atoms with Gasteiger partial charge in [-0.1, -0.05) is 0 Å². The van der Waals surface area contributed by atoms with Crippen molar-refractivity contribution in [2.45, 2.75) is 26.2 Å². The zero-order valence-corrected chi connectivity index (χ0v) is 10.6. The van der Waals surface area contributed by atoms with Crippen molar-refractivity contribution >= 4 is 28.5 Å². The lowest BCUT2D eigenvalue weighted by atomic mass is 10.0. The third-order valence-electron chi connectivity index (χ3n) is 2.72. The highest BCUT2D eigenvalue weighted by molar-refractivity contribution is 7.22. The number of aromatic nitrogens is 1. The fourth-order valence-electron chi connectivity index (χ4n) is 1.92. The van der Waals surface area contributed by atoms with E-state index in [0.29, 0.717) is 6.42 Å². The SMILES string of the molecule is Cc1ccc(-c2nc3c(s2)C(=O)CCC3)s1. The van der Waals surface area contributed by atoms with Gasteiger partial charge in [0.25, 0.3) is 0 Å². The molecule has 2 aromatic rings. The Hall–Kier alpha value is -1.00. The molecule has 0 N–H and O–H groups in total. The molecule has 82 valence electrons. The molecule has 0 aromatic carbocycles. The highest BCUT2D eigenvalue weighted by Crippen LogP contribution is 2.35. The van der Waals surface area contributed by atoms with Gasteiger partial charge >= 0.3 is 0 Å². The Morgan fingerprint density at radius 1 is 1.25 bits per heavy atom. The van der Waals surface area contributed by atoms with Crippen LogP contribution in [-0.2, 0) is 6.42 Å². The van der Waals surface area contributed by atoms with Gasteiger partial charge in [0, 0.05) is 11.3 Å². The molecular weight excluding hydrogens is 238 g/mol. The van der Waals surface area contributed by atoms with Gasteiger partial charge in [0.1, 0.15) is 5.01 Å². The Balaban J connectivity index is 2.07. The van der Waals surface area contributed by atoms with Crippen LogP contribution < -0.4 is 0 Å². The van der Waals surface area contributed by atoms with Gasteiger partial charge in [-0.2, -0.15) is 0 Å². The Kier molecular flexibility index (Phi) is 2.41. The van der Waals surface area contributed by atoms with Gasteiger partial charge in [0.05, 0.1) is 15.4 Å². The first-order chi connectivity index (χ1) is 7.74. The molecule has 0 spiro atoms. The zero-order chi connectivity index (χ0) is 11.1. The molecule has 0 fully saturated rings. The summed E-state index contributed by atoms with van der Waals surface area (Å²) >= 11 is 3.30. The Labute approximate surface area is 102 Å². The van der Waals surface area contributed by atoms with Crippen molar-refractivity contribution in [2.24, 2.45) is 0 Å². The fraction of sp³-hybridized carbons (Fsp3) is 0.333. The number of thiophene rings is 1. The van der Waals surface area contributed by atoms with E-state index in [9.17, 15) is 4.79 Å². The summed E-state index contributed by atoms with van der Waals surface area (Å²) in [6.07, 6.45) is 2.61. The molecule has 0 aliphatic heterocycles. The number of ketones is 1. The summed E-state index contributed by atoms with van der Waals surface area (Å²) in [6, 6.07) is 4.19. The Bertz CT molecular complexity index is 553. The average molecular weight is 249 g/mol. The van der Waals surface area contributed by atoms with E-state index in [0.717, 1.165) is 28.4 Å². The van der Waals surface area contributed by atoms with Crippen LogP contribution in [0, 0.1) is 6.92 Å². The van der Waals surface area contributed by atoms with Gasteiger partial charge in [-0.25, -0.2) is 4.98 Å².